The van der Waals surface area contributed by atoms with Crippen molar-refractivity contribution in [2.24, 2.45) is 11.3 Å². The van der Waals surface area contributed by atoms with Gasteiger partial charge in [-0.05, 0) is 33.6 Å². The minimum absolute atomic E-state index is 0.107. The van der Waals surface area contributed by atoms with Gasteiger partial charge in [0.15, 0.2) is 0 Å². The smallest absolute Gasteiger partial charge is 0.240 e. The highest BCUT2D eigenvalue weighted by molar-refractivity contribution is 5.81. The van der Waals surface area contributed by atoms with E-state index in [1.54, 1.807) is 0 Å². The minimum atomic E-state index is -0.437. The number of amides is 1. The fraction of sp³-hybridized carbons (Fsp3) is 0.917. The molecule has 0 aliphatic carbocycles. The predicted molar refractivity (Wildman–Crippen MR) is 67.2 cm³/mol. The zero-order chi connectivity index (χ0) is 12.9. The van der Waals surface area contributed by atoms with Gasteiger partial charge in [0.05, 0.1) is 11.5 Å². The summed E-state index contributed by atoms with van der Waals surface area (Å²) >= 11 is 0. The summed E-state index contributed by atoms with van der Waals surface area (Å²) in [7, 11) is 0. The molecule has 1 fully saturated rings. The summed E-state index contributed by atoms with van der Waals surface area (Å²) < 4.78 is 5.60. The number of ether oxygens (including phenoxy) is 1. The van der Waals surface area contributed by atoms with E-state index in [-0.39, 0.29) is 5.91 Å². The largest absolute Gasteiger partial charge is 0.378 e. The van der Waals surface area contributed by atoms with Gasteiger partial charge < -0.3 is 9.64 Å². The lowest BCUT2D eigenvalue weighted by Crippen LogP contribution is -2.49. The van der Waals surface area contributed by atoms with E-state index in [9.17, 15) is 4.79 Å². The molecule has 0 saturated carbocycles. The van der Waals surface area contributed by atoms with Crippen LogP contribution in [0.15, 0.2) is 0 Å². The minimum Gasteiger partial charge on any atom is -0.378 e. The molecule has 100 valence electrons. The average Bonchev–Trinajstić information content (AvgIpc) is 2.30. The van der Waals surface area contributed by atoms with E-state index < -0.39 is 5.41 Å². The second-order valence-electron chi connectivity index (χ2n) is 5.29. The molecule has 0 radical (unpaired) electrons. The van der Waals surface area contributed by atoms with Crippen LogP contribution in [-0.4, -0.2) is 43.2 Å². The summed E-state index contributed by atoms with van der Waals surface area (Å²) in [6.45, 7) is 9.38. The van der Waals surface area contributed by atoms with Crippen LogP contribution in [0.5, 0.6) is 0 Å². The molecule has 1 aliphatic heterocycles. The summed E-state index contributed by atoms with van der Waals surface area (Å²) in [5.41, 5.74) is 1.80. The summed E-state index contributed by atoms with van der Waals surface area (Å²) in [4.78, 5) is 13.9. The van der Waals surface area contributed by atoms with E-state index >= 15 is 0 Å². The maximum Gasteiger partial charge on any atom is 0.240 e. The van der Waals surface area contributed by atoms with Gasteiger partial charge in [-0.2, -0.15) is 0 Å². The number of carbonyl (C=O) groups excluding carboxylic acids is 1. The zero-order valence-corrected chi connectivity index (χ0v) is 11.2. The quantitative estimate of drug-likeness (QED) is 0.419. The summed E-state index contributed by atoms with van der Waals surface area (Å²) in [5, 5.41) is 0. The van der Waals surface area contributed by atoms with E-state index in [1.165, 1.54) is 0 Å². The van der Waals surface area contributed by atoms with E-state index in [0.29, 0.717) is 6.10 Å². The van der Waals surface area contributed by atoms with Gasteiger partial charge in [0.2, 0.25) is 5.91 Å². The zero-order valence-electron chi connectivity index (χ0n) is 11.2. The first-order valence-corrected chi connectivity index (χ1v) is 6.34. The number of nitrogens with zero attached hydrogens (tertiary/aromatic N) is 1. The molecule has 0 atom stereocenters. The molecule has 0 aromatic rings. The Balaban J connectivity index is 2.37. The van der Waals surface area contributed by atoms with Gasteiger partial charge in [0.1, 0.15) is 0 Å². The van der Waals surface area contributed by atoms with Crippen molar-refractivity contribution in [3.8, 4) is 0 Å². The Bertz CT molecular complexity index is 248. The molecule has 0 aromatic heterocycles. The molecule has 3 N–H and O–H groups in total. The van der Waals surface area contributed by atoms with Crippen molar-refractivity contribution >= 4 is 5.91 Å². The van der Waals surface area contributed by atoms with Gasteiger partial charge in [-0.1, -0.05) is 0 Å². The highest BCUT2D eigenvalue weighted by Gasteiger charge is 2.31. The maximum absolute atomic E-state index is 11.6. The highest BCUT2D eigenvalue weighted by atomic mass is 16.5. The first kappa shape index (κ1) is 14.4. The maximum atomic E-state index is 11.6. The van der Waals surface area contributed by atoms with Crippen LogP contribution < -0.4 is 11.3 Å². The second kappa shape index (κ2) is 6.33. The Morgan fingerprint density at radius 3 is 2.53 bits per heavy atom. The molecular formula is C12H25N3O2. The van der Waals surface area contributed by atoms with Gasteiger partial charge in [0, 0.05) is 26.2 Å². The Morgan fingerprint density at radius 2 is 2.06 bits per heavy atom. The van der Waals surface area contributed by atoms with Crippen molar-refractivity contribution in [3.05, 3.63) is 0 Å². The van der Waals surface area contributed by atoms with Crippen LogP contribution in [-0.2, 0) is 9.53 Å². The molecule has 1 rings (SSSR count). The van der Waals surface area contributed by atoms with E-state index in [0.717, 1.165) is 39.1 Å². The first-order valence-electron chi connectivity index (χ1n) is 6.34. The van der Waals surface area contributed by atoms with Crippen LogP contribution in [0.2, 0.25) is 0 Å². The SMILES string of the molecule is CCOC1CCN(CC(C)(C)C(=O)NN)CC1. The van der Waals surface area contributed by atoms with Crippen LogP contribution in [0.4, 0.5) is 0 Å². The van der Waals surface area contributed by atoms with Crippen molar-refractivity contribution in [2.75, 3.05) is 26.2 Å². The molecule has 1 amide bonds. The average molecular weight is 243 g/mol. The molecule has 17 heavy (non-hydrogen) atoms. The third kappa shape index (κ3) is 4.26. The topological polar surface area (TPSA) is 67.6 Å². The lowest BCUT2D eigenvalue weighted by molar-refractivity contribution is -0.130. The Labute approximate surface area is 104 Å². The van der Waals surface area contributed by atoms with Crippen LogP contribution >= 0.6 is 0 Å². The van der Waals surface area contributed by atoms with Gasteiger partial charge in [-0.15, -0.1) is 0 Å². The predicted octanol–water partition coefficient (Wildman–Crippen LogP) is 0.503. The third-order valence-electron chi connectivity index (χ3n) is 3.30. The summed E-state index contributed by atoms with van der Waals surface area (Å²) in [6, 6.07) is 0. The molecule has 1 aliphatic rings. The molecule has 0 unspecified atom stereocenters. The number of rotatable bonds is 5. The second-order valence-corrected chi connectivity index (χ2v) is 5.29. The number of carbonyl (C=O) groups is 1. The van der Waals surface area contributed by atoms with Gasteiger partial charge in [-0.3, -0.25) is 10.2 Å². The number of hydrogen-bond acceptors (Lipinski definition) is 4. The fourth-order valence-electron chi connectivity index (χ4n) is 2.30. The standard InChI is InChI=1S/C12H25N3O2/c1-4-17-10-5-7-15(8-6-10)9-12(2,3)11(16)14-13/h10H,4-9,13H2,1-3H3,(H,14,16). The molecule has 5 nitrogen and oxygen atoms in total. The summed E-state index contributed by atoms with van der Waals surface area (Å²) in [6.07, 6.45) is 2.49. The van der Waals surface area contributed by atoms with Gasteiger partial charge in [-0.25, -0.2) is 5.84 Å². The number of likely N-dealkylation sites (tertiary alicyclic amines) is 1. The lowest BCUT2D eigenvalue weighted by Gasteiger charge is -2.36. The Morgan fingerprint density at radius 1 is 1.47 bits per heavy atom. The van der Waals surface area contributed by atoms with E-state index in [4.69, 9.17) is 10.6 Å². The Kier molecular flexibility index (Phi) is 5.36. The number of hydrogen-bond donors (Lipinski definition) is 2. The molecule has 5 heteroatoms. The number of nitrogens with two attached hydrogens (primary N) is 1. The third-order valence-corrected chi connectivity index (χ3v) is 3.30. The monoisotopic (exact) mass is 243 g/mol. The summed E-state index contributed by atoms with van der Waals surface area (Å²) in [5.74, 6) is 5.08. The van der Waals surface area contributed by atoms with Crippen LogP contribution in [0.3, 0.4) is 0 Å². The van der Waals surface area contributed by atoms with Crippen molar-refractivity contribution < 1.29 is 9.53 Å². The highest BCUT2D eigenvalue weighted by Crippen LogP contribution is 2.21. The number of hydrazine groups is 1. The van der Waals surface area contributed by atoms with Crippen molar-refractivity contribution in [3.63, 3.8) is 0 Å². The van der Waals surface area contributed by atoms with Crippen LogP contribution in [0.1, 0.15) is 33.6 Å². The van der Waals surface area contributed by atoms with E-state index in [1.807, 2.05) is 20.8 Å². The van der Waals surface area contributed by atoms with Crippen molar-refractivity contribution in [1.29, 1.82) is 0 Å². The molecule has 0 aromatic carbocycles. The fourth-order valence-corrected chi connectivity index (χ4v) is 2.30. The number of nitrogens with one attached hydrogen (secondary N) is 1. The normalized spacial score (nSPS) is 19.3. The van der Waals surface area contributed by atoms with Crippen molar-refractivity contribution in [2.45, 2.75) is 39.7 Å². The van der Waals surface area contributed by atoms with Gasteiger partial charge >= 0.3 is 0 Å². The number of piperidine rings is 1. The molecule has 0 spiro atoms. The van der Waals surface area contributed by atoms with Gasteiger partial charge in [0.25, 0.3) is 0 Å². The van der Waals surface area contributed by atoms with Crippen LogP contribution in [0, 0.1) is 5.41 Å². The molecule has 1 saturated heterocycles. The van der Waals surface area contributed by atoms with Crippen LogP contribution in [0.25, 0.3) is 0 Å². The van der Waals surface area contributed by atoms with E-state index in [2.05, 4.69) is 10.3 Å². The molecule has 1 heterocycles. The Hall–Kier alpha value is -0.650. The molecule has 0 bridgehead atoms. The van der Waals surface area contributed by atoms with Crippen molar-refractivity contribution in [1.82, 2.24) is 10.3 Å². The molecular weight excluding hydrogens is 218 g/mol. The lowest BCUT2D eigenvalue weighted by atomic mass is 9.91. The first-order chi connectivity index (χ1) is 7.99.